The van der Waals surface area contributed by atoms with E-state index in [0.717, 1.165) is 23.4 Å². The van der Waals surface area contributed by atoms with Crippen LogP contribution in [0, 0.1) is 0 Å². The number of nitrogens with one attached hydrogen (secondary N) is 1. The molecule has 24 heavy (non-hydrogen) atoms. The van der Waals surface area contributed by atoms with Crippen LogP contribution in [0.25, 0.3) is 0 Å². The molecule has 1 amide bonds. The number of carbonyl (C=O) groups is 1. The van der Waals surface area contributed by atoms with Crippen LogP contribution in [-0.4, -0.2) is 34.7 Å². The summed E-state index contributed by atoms with van der Waals surface area (Å²) in [5.74, 6) is 1.05. The molecule has 1 heterocycles. The number of carbonyl (C=O) groups excluding carboxylic acids is 1. The number of nitrogens with zero attached hydrogens (tertiary/aromatic N) is 2. The lowest BCUT2D eigenvalue weighted by Crippen LogP contribution is -2.34. The van der Waals surface area contributed by atoms with Crippen LogP contribution in [0.2, 0.25) is 0 Å². The lowest BCUT2D eigenvalue weighted by molar-refractivity contribution is 0.0682. The van der Waals surface area contributed by atoms with E-state index in [9.17, 15) is 4.79 Å². The maximum absolute atomic E-state index is 13.0. The average molecular weight is 329 g/mol. The van der Waals surface area contributed by atoms with Gasteiger partial charge in [-0.1, -0.05) is 39.0 Å². The first-order valence-corrected chi connectivity index (χ1v) is 8.48. The highest BCUT2D eigenvalue weighted by atomic mass is 16.5. The number of hydrogen-bond acceptors (Lipinski definition) is 3. The van der Waals surface area contributed by atoms with Gasteiger partial charge in [0.05, 0.1) is 13.2 Å². The van der Waals surface area contributed by atoms with Crippen molar-refractivity contribution in [3.63, 3.8) is 0 Å². The van der Waals surface area contributed by atoms with E-state index in [1.165, 1.54) is 0 Å². The van der Waals surface area contributed by atoms with Gasteiger partial charge in [0.2, 0.25) is 0 Å². The zero-order valence-electron chi connectivity index (χ0n) is 15.2. The quantitative estimate of drug-likeness (QED) is 0.830. The minimum atomic E-state index is -0.0900. The fourth-order valence-electron chi connectivity index (χ4n) is 2.78. The van der Waals surface area contributed by atoms with Gasteiger partial charge < -0.3 is 9.64 Å². The highest BCUT2D eigenvalue weighted by Gasteiger charge is 2.26. The van der Waals surface area contributed by atoms with Crippen molar-refractivity contribution in [2.45, 2.75) is 46.1 Å². The Morgan fingerprint density at radius 3 is 2.58 bits per heavy atom. The number of ether oxygens (including phenoxy) is 1. The minimum absolute atomic E-state index is 0.0570. The Labute approximate surface area is 144 Å². The standard InChI is InChI=1S/C19H27N3O2/c1-6-11-22(14(4)15-9-7-8-10-18(15)24-5)19(23)17-12-16(13(2)3)20-21-17/h7-10,12-14H,6,11H2,1-5H3,(H,20,21). The van der Waals surface area contributed by atoms with Gasteiger partial charge in [-0.3, -0.25) is 9.89 Å². The van der Waals surface area contributed by atoms with Crippen molar-refractivity contribution in [1.29, 1.82) is 0 Å². The summed E-state index contributed by atoms with van der Waals surface area (Å²) in [6.45, 7) is 8.91. The Morgan fingerprint density at radius 1 is 1.29 bits per heavy atom. The zero-order chi connectivity index (χ0) is 17.7. The number of benzene rings is 1. The third-order valence-corrected chi connectivity index (χ3v) is 4.22. The lowest BCUT2D eigenvalue weighted by Gasteiger charge is -2.29. The molecule has 0 aliphatic rings. The number of amides is 1. The van der Waals surface area contributed by atoms with Gasteiger partial charge in [-0.05, 0) is 31.4 Å². The van der Waals surface area contributed by atoms with Crippen molar-refractivity contribution in [3.8, 4) is 5.75 Å². The summed E-state index contributed by atoms with van der Waals surface area (Å²) in [5, 5.41) is 7.17. The van der Waals surface area contributed by atoms with E-state index in [0.29, 0.717) is 18.2 Å². The summed E-state index contributed by atoms with van der Waals surface area (Å²) in [4.78, 5) is 14.8. The largest absolute Gasteiger partial charge is 0.496 e. The molecule has 1 unspecified atom stereocenters. The summed E-state index contributed by atoms with van der Waals surface area (Å²) < 4.78 is 5.46. The lowest BCUT2D eigenvalue weighted by atomic mass is 10.0. The molecule has 5 heteroatoms. The maximum Gasteiger partial charge on any atom is 0.274 e. The second-order valence-electron chi connectivity index (χ2n) is 6.28. The molecular weight excluding hydrogens is 302 g/mol. The molecular formula is C19H27N3O2. The Kier molecular flexibility index (Phi) is 6.01. The molecule has 0 spiro atoms. The van der Waals surface area contributed by atoms with Gasteiger partial charge in [-0.25, -0.2) is 0 Å². The molecule has 0 radical (unpaired) electrons. The van der Waals surface area contributed by atoms with Crippen LogP contribution >= 0.6 is 0 Å². The number of H-pyrrole nitrogens is 1. The van der Waals surface area contributed by atoms with Crippen molar-refractivity contribution < 1.29 is 9.53 Å². The van der Waals surface area contributed by atoms with Crippen LogP contribution in [0.5, 0.6) is 5.75 Å². The third kappa shape index (κ3) is 3.78. The van der Waals surface area contributed by atoms with Gasteiger partial charge in [0.1, 0.15) is 11.4 Å². The molecule has 0 aliphatic carbocycles. The van der Waals surface area contributed by atoms with E-state index in [4.69, 9.17) is 4.74 Å². The van der Waals surface area contributed by atoms with Gasteiger partial charge in [-0.15, -0.1) is 0 Å². The Bertz CT molecular complexity index is 679. The fourth-order valence-corrected chi connectivity index (χ4v) is 2.78. The van der Waals surface area contributed by atoms with Crippen LogP contribution in [0.4, 0.5) is 0 Å². The van der Waals surface area contributed by atoms with E-state index >= 15 is 0 Å². The predicted molar refractivity (Wildman–Crippen MR) is 95.4 cm³/mol. The number of aromatic amines is 1. The smallest absolute Gasteiger partial charge is 0.274 e. The second kappa shape index (κ2) is 7.99. The first-order valence-electron chi connectivity index (χ1n) is 8.48. The van der Waals surface area contributed by atoms with Gasteiger partial charge in [-0.2, -0.15) is 5.10 Å². The SMILES string of the molecule is CCCN(C(=O)c1cc(C(C)C)[nH]n1)C(C)c1ccccc1OC. The monoisotopic (exact) mass is 329 g/mol. The van der Waals surface area contributed by atoms with E-state index in [-0.39, 0.29) is 11.9 Å². The highest BCUT2D eigenvalue weighted by Crippen LogP contribution is 2.30. The molecule has 1 aromatic heterocycles. The van der Waals surface area contributed by atoms with Crippen molar-refractivity contribution in [2.24, 2.45) is 0 Å². The van der Waals surface area contributed by atoms with Crippen molar-refractivity contribution in [3.05, 3.63) is 47.3 Å². The Hall–Kier alpha value is -2.30. The molecule has 1 N–H and O–H groups in total. The number of hydrogen-bond donors (Lipinski definition) is 1. The van der Waals surface area contributed by atoms with Crippen LogP contribution in [0.3, 0.4) is 0 Å². The van der Waals surface area contributed by atoms with E-state index in [1.54, 1.807) is 7.11 Å². The van der Waals surface area contributed by atoms with Gasteiger partial charge >= 0.3 is 0 Å². The van der Waals surface area contributed by atoms with Gasteiger partial charge in [0.25, 0.3) is 5.91 Å². The van der Waals surface area contributed by atoms with Crippen molar-refractivity contribution in [1.82, 2.24) is 15.1 Å². The molecule has 1 atom stereocenters. The van der Waals surface area contributed by atoms with Crippen molar-refractivity contribution in [2.75, 3.05) is 13.7 Å². The minimum Gasteiger partial charge on any atom is -0.496 e. The molecule has 2 rings (SSSR count). The average Bonchev–Trinajstić information content (AvgIpc) is 3.09. The molecule has 0 saturated heterocycles. The Morgan fingerprint density at radius 2 is 2.00 bits per heavy atom. The summed E-state index contributed by atoms with van der Waals surface area (Å²) in [6.07, 6.45) is 0.882. The number of methoxy groups -OCH3 is 1. The molecule has 5 nitrogen and oxygen atoms in total. The summed E-state index contributed by atoms with van der Waals surface area (Å²) >= 11 is 0. The number of rotatable bonds is 7. The highest BCUT2D eigenvalue weighted by molar-refractivity contribution is 5.92. The zero-order valence-corrected chi connectivity index (χ0v) is 15.2. The summed E-state index contributed by atoms with van der Waals surface area (Å²) in [6, 6.07) is 9.59. The van der Waals surface area contributed by atoms with Crippen LogP contribution in [-0.2, 0) is 0 Å². The second-order valence-corrected chi connectivity index (χ2v) is 6.28. The van der Waals surface area contributed by atoms with Crippen molar-refractivity contribution >= 4 is 5.91 Å². The van der Waals surface area contributed by atoms with E-state index in [2.05, 4.69) is 31.0 Å². The number of aromatic nitrogens is 2. The summed E-state index contributed by atoms with van der Waals surface area (Å²) in [7, 11) is 1.65. The molecule has 1 aromatic carbocycles. The van der Waals surface area contributed by atoms with Crippen LogP contribution < -0.4 is 4.74 Å². The summed E-state index contributed by atoms with van der Waals surface area (Å²) in [5.41, 5.74) is 2.44. The fraction of sp³-hybridized carbons (Fsp3) is 0.474. The predicted octanol–water partition coefficient (Wildman–Crippen LogP) is 4.16. The van der Waals surface area contributed by atoms with E-state index < -0.39 is 0 Å². The maximum atomic E-state index is 13.0. The third-order valence-electron chi connectivity index (χ3n) is 4.22. The molecule has 0 fully saturated rings. The van der Waals surface area contributed by atoms with Gasteiger partial charge in [0.15, 0.2) is 0 Å². The number of para-hydroxylation sites is 1. The van der Waals surface area contributed by atoms with Gasteiger partial charge in [0, 0.05) is 17.8 Å². The first-order chi connectivity index (χ1) is 11.5. The molecule has 0 saturated carbocycles. The molecule has 0 bridgehead atoms. The van der Waals surface area contributed by atoms with E-state index in [1.807, 2.05) is 42.2 Å². The topological polar surface area (TPSA) is 58.2 Å². The first kappa shape index (κ1) is 18.0. The van der Waals surface area contributed by atoms with Crippen LogP contribution in [0.15, 0.2) is 30.3 Å². The molecule has 2 aromatic rings. The molecule has 0 aliphatic heterocycles. The normalized spacial score (nSPS) is 12.2. The van der Waals surface area contributed by atoms with Crippen LogP contribution in [0.1, 0.15) is 67.8 Å². The Balaban J connectivity index is 2.31. The molecule has 130 valence electrons.